The first-order chi connectivity index (χ1) is 24.9. The minimum absolute atomic E-state index is 0.108. The topological polar surface area (TPSA) is 120 Å². The minimum atomic E-state index is -3.52. The van der Waals surface area contributed by atoms with Crippen molar-refractivity contribution in [2.24, 2.45) is 5.89 Å². The number of hydrogen-bond donors (Lipinski definition) is 4. The Morgan fingerprint density at radius 2 is 1.59 bits per heavy atom. The van der Waals surface area contributed by atoms with Crippen molar-refractivity contribution in [1.29, 1.82) is 0 Å². The monoisotopic (exact) mass is 635 g/mol. The summed E-state index contributed by atoms with van der Waals surface area (Å²) in [5.74, 6) is -4.50. The number of carbonyl (C=O) groups is 3. The van der Waals surface area contributed by atoms with Gasteiger partial charge < -0.3 is 30.7 Å². The molecule has 3 aromatic carbocycles. The van der Waals surface area contributed by atoms with E-state index in [0.717, 1.165) is 27.2 Å². The van der Waals surface area contributed by atoms with E-state index in [4.69, 9.17) is 14.3 Å². The van der Waals surface area contributed by atoms with Crippen molar-refractivity contribution >= 4 is 17.8 Å². The average Bonchev–Trinajstić information content (AvgIpc) is 3.08. The molecule has 4 rings (SSSR count). The zero-order valence-electron chi connectivity index (χ0n) is 33.3. The summed E-state index contributed by atoms with van der Waals surface area (Å²) in [7, 11) is 0. The van der Waals surface area contributed by atoms with Crippen LogP contribution in [0.3, 0.4) is 0 Å². The van der Waals surface area contributed by atoms with Crippen LogP contribution in [0, 0.1) is 19.7 Å². The van der Waals surface area contributed by atoms with Gasteiger partial charge >= 0.3 is 6.03 Å². The van der Waals surface area contributed by atoms with Crippen molar-refractivity contribution in [3.8, 4) is 5.75 Å². The number of nitrogens with zero attached hydrogens (tertiary/aromatic N) is 1. The first-order valence-corrected chi connectivity index (χ1v) is 15.5. The Bertz CT molecular complexity index is 1660. The van der Waals surface area contributed by atoms with Crippen molar-refractivity contribution in [3.05, 3.63) is 101 Å². The Kier molecular flexibility index (Phi) is 9.42. The van der Waals surface area contributed by atoms with E-state index >= 15 is 0 Å². The first-order valence-electron chi connectivity index (χ1n) is 19.0. The lowest BCUT2D eigenvalue weighted by atomic mass is 9.92. The van der Waals surface area contributed by atoms with E-state index in [0.29, 0.717) is 5.75 Å². The van der Waals surface area contributed by atoms with E-state index in [1.807, 2.05) is 62.4 Å². The van der Waals surface area contributed by atoms with Gasteiger partial charge in [-0.25, -0.2) is 4.79 Å². The second-order valence-electron chi connectivity index (χ2n) is 11.7. The third kappa shape index (κ3) is 9.81. The number of carbonyl (C=O) groups excluding carboxylic acids is 3. The van der Waals surface area contributed by atoms with E-state index in [1.165, 1.54) is 0 Å². The standard InChI is InChI=1S/C37H48N4O5/c1-25(2)34(41-20-12-19-38-37(41)45)36(44)39-30(21-28-15-7-5-8-16-28)23-32(42)31(22-29-17-9-6-10-18-29)40-33(43)24-46-35-26(3)13-11-14-27(35)4/h5-11,13-18,25,30-32,34,42H,12,19-24H2,1-4H3,(H,38,45)(H,39,44)(H,40,43)/t30-,31-,32-,34-/m0/s1/i1D3,2D3,25D. The van der Waals surface area contributed by atoms with Gasteiger partial charge in [0.2, 0.25) is 5.91 Å². The molecule has 0 radical (unpaired) electrons. The predicted octanol–water partition coefficient (Wildman–Crippen LogP) is 4.33. The zero-order valence-corrected chi connectivity index (χ0v) is 26.3. The van der Waals surface area contributed by atoms with E-state index in [1.54, 1.807) is 30.3 Å². The van der Waals surface area contributed by atoms with E-state index in [2.05, 4.69) is 16.0 Å². The summed E-state index contributed by atoms with van der Waals surface area (Å²) in [4.78, 5) is 41.4. The molecule has 46 heavy (non-hydrogen) atoms. The summed E-state index contributed by atoms with van der Waals surface area (Å²) < 4.78 is 63.5. The number of hydrogen-bond acceptors (Lipinski definition) is 5. The highest BCUT2D eigenvalue weighted by molar-refractivity contribution is 5.87. The summed E-state index contributed by atoms with van der Waals surface area (Å²) in [5.41, 5.74) is 3.24. The summed E-state index contributed by atoms with van der Waals surface area (Å²) in [6, 6.07) is 18.7. The average molecular weight is 636 g/mol. The summed E-state index contributed by atoms with van der Waals surface area (Å²) in [6.45, 7) is -3.56. The van der Waals surface area contributed by atoms with Crippen LogP contribution in [0.4, 0.5) is 4.79 Å². The molecule has 1 heterocycles. The number of benzene rings is 3. The van der Waals surface area contributed by atoms with Crippen LogP contribution in [0.5, 0.6) is 5.75 Å². The molecule has 9 heteroatoms. The number of para-hydroxylation sites is 1. The lowest BCUT2D eigenvalue weighted by molar-refractivity contribution is -0.128. The summed E-state index contributed by atoms with van der Waals surface area (Å²) >= 11 is 0. The minimum Gasteiger partial charge on any atom is -0.483 e. The van der Waals surface area contributed by atoms with Crippen molar-refractivity contribution in [2.75, 3.05) is 19.7 Å². The normalized spacial score (nSPS) is 18.8. The van der Waals surface area contributed by atoms with Crippen LogP contribution in [0.1, 0.15) is 58.4 Å². The molecule has 0 saturated carbocycles. The smallest absolute Gasteiger partial charge is 0.318 e. The van der Waals surface area contributed by atoms with Gasteiger partial charge in [-0.05, 0) is 67.7 Å². The van der Waals surface area contributed by atoms with Crippen LogP contribution in [0.2, 0.25) is 0 Å². The first kappa shape index (κ1) is 25.8. The molecule has 246 valence electrons. The molecular formula is C37H48N4O5. The lowest BCUT2D eigenvalue weighted by Gasteiger charge is -2.37. The van der Waals surface area contributed by atoms with Crippen molar-refractivity contribution in [1.82, 2.24) is 20.9 Å². The van der Waals surface area contributed by atoms with Crippen LogP contribution in [-0.4, -0.2) is 71.8 Å². The van der Waals surface area contributed by atoms with Gasteiger partial charge in [-0.2, -0.15) is 0 Å². The van der Waals surface area contributed by atoms with Crippen LogP contribution < -0.4 is 20.7 Å². The fourth-order valence-electron chi connectivity index (χ4n) is 5.71. The molecule has 1 fully saturated rings. The number of amides is 4. The number of ether oxygens (including phenoxy) is 1. The van der Waals surface area contributed by atoms with E-state index in [-0.39, 0.29) is 45.4 Å². The molecule has 0 aliphatic carbocycles. The fourth-order valence-corrected chi connectivity index (χ4v) is 5.71. The number of aliphatic hydroxyl groups is 1. The molecule has 3 aromatic rings. The third-order valence-corrected chi connectivity index (χ3v) is 8.01. The Hall–Kier alpha value is -4.37. The highest BCUT2D eigenvalue weighted by Gasteiger charge is 2.35. The van der Waals surface area contributed by atoms with Gasteiger partial charge in [0.25, 0.3) is 5.91 Å². The van der Waals surface area contributed by atoms with Gasteiger partial charge in [0.05, 0.1) is 12.1 Å². The maximum atomic E-state index is 14.3. The van der Waals surface area contributed by atoms with Gasteiger partial charge in [0.1, 0.15) is 11.8 Å². The Morgan fingerprint density at radius 1 is 0.957 bits per heavy atom. The molecule has 0 aromatic heterocycles. The summed E-state index contributed by atoms with van der Waals surface area (Å²) in [6.07, 6.45) is -0.879. The van der Waals surface area contributed by atoms with Gasteiger partial charge in [-0.3, -0.25) is 9.59 Å². The molecule has 4 amide bonds. The number of rotatable bonds is 15. The van der Waals surface area contributed by atoms with Crippen LogP contribution >= 0.6 is 0 Å². The molecule has 9 nitrogen and oxygen atoms in total. The van der Waals surface area contributed by atoms with Gasteiger partial charge in [0, 0.05) is 28.7 Å². The zero-order chi connectivity index (χ0) is 39.0. The van der Waals surface area contributed by atoms with Gasteiger partial charge in [-0.15, -0.1) is 0 Å². The van der Waals surface area contributed by atoms with Crippen LogP contribution in [0.15, 0.2) is 78.9 Å². The Morgan fingerprint density at radius 3 is 2.20 bits per heavy atom. The molecule has 1 aliphatic rings. The molecule has 1 saturated heterocycles. The third-order valence-electron chi connectivity index (χ3n) is 8.01. The van der Waals surface area contributed by atoms with E-state index < -0.39 is 61.7 Å². The highest BCUT2D eigenvalue weighted by atomic mass is 16.5. The predicted molar refractivity (Wildman–Crippen MR) is 180 cm³/mol. The van der Waals surface area contributed by atoms with Crippen molar-refractivity contribution in [3.63, 3.8) is 0 Å². The van der Waals surface area contributed by atoms with Crippen LogP contribution in [-0.2, 0) is 22.4 Å². The largest absolute Gasteiger partial charge is 0.483 e. The molecule has 0 bridgehead atoms. The van der Waals surface area contributed by atoms with Crippen molar-refractivity contribution < 1.29 is 33.8 Å². The number of aliphatic hydroxyl groups excluding tert-OH is 1. The SMILES string of the molecule is [2H]C([2H])([2H])C([2H])([C@@H](C(=O)N[C@@H](Cc1ccccc1)C[C@H](O)[C@H](Cc1ccccc1)NC(=O)COc1c(C)cccc1C)N1CCCNC1=O)C([2H])([2H])[2H]. The number of urea groups is 1. The summed E-state index contributed by atoms with van der Waals surface area (Å²) in [5, 5.41) is 19.9. The molecule has 1 aliphatic heterocycles. The number of aryl methyl sites for hydroxylation is 2. The molecule has 4 atom stereocenters. The van der Waals surface area contributed by atoms with Gasteiger partial charge in [0.15, 0.2) is 6.61 Å². The van der Waals surface area contributed by atoms with E-state index in [9.17, 15) is 19.5 Å². The highest BCUT2D eigenvalue weighted by Crippen LogP contribution is 2.22. The van der Waals surface area contributed by atoms with Crippen LogP contribution in [0.25, 0.3) is 0 Å². The Labute approximate surface area is 282 Å². The van der Waals surface area contributed by atoms with Crippen molar-refractivity contribution in [2.45, 2.75) is 77.5 Å². The quantitative estimate of drug-likeness (QED) is 0.198. The molecule has 0 unspecified atom stereocenters. The fraction of sp³-hybridized carbons (Fsp3) is 0.432. The lowest BCUT2D eigenvalue weighted by Crippen LogP contribution is -2.59. The second-order valence-corrected chi connectivity index (χ2v) is 11.7. The molecular weight excluding hydrogens is 580 g/mol. The van der Waals surface area contributed by atoms with Gasteiger partial charge in [-0.1, -0.05) is 92.6 Å². The molecule has 4 N–H and O–H groups in total. The molecule has 0 spiro atoms. The second kappa shape index (κ2) is 16.8. The maximum Gasteiger partial charge on any atom is 0.318 e. The maximum absolute atomic E-state index is 14.3. The Balaban J connectivity index is 1.65. The number of nitrogens with one attached hydrogen (secondary N) is 3.